The Morgan fingerprint density at radius 2 is 2.00 bits per heavy atom. The molecule has 1 heterocycles. The average Bonchev–Trinajstić information content (AvgIpc) is 3.01. The zero-order chi connectivity index (χ0) is 15.5. The van der Waals surface area contributed by atoms with E-state index in [2.05, 4.69) is 33.4 Å². The molecule has 1 unspecified atom stereocenters. The number of aryl methyl sites for hydroxylation is 1. The van der Waals surface area contributed by atoms with Crippen LogP contribution in [0, 0.1) is 6.92 Å². The molecule has 0 aliphatic carbocycles. The number of halogens is 1. The molecule has 1 aliphatic heterocycles. The number of rotatable bonds is 2. The van der Waals surface area contributed by atoms with Gasteiger partial charge in [0.05, 0.1) is 6.04 Å². The fraction of sp³-hybridized carbons (Fsp3) is 0.278. The van der Waals surface area contributed by atoms with Crippen LogP contribution in [0.2, 0.25) is 0 Å². The van der Waals surface area contributed by atoms with Crippen LogP contribution in [-0.4, -0.2) is 17.5 Å². The number of carbonyl (C=O) groups is 1. The van der Waals surface area contributed by atoms with Crippen LogP contribution >= 0.6 is 15.9 Å². The van der Waals surface area contributed by atoms with E-state index < -0.39 is 0 Å². The fourth-order valence-corrected chi connectivity index (χ4v) is 3.20. The van der Waals surface area contributed by atoms with Gasteiger partial charge in [0.15, 0.2) is 0 Å². The molecule has 0 saturated carbocycles. The number of anilines is 1. The third-order valence-electron chi connectivity index (χ3n) is 4.11. The lowest BCUT2D eigenvalue weighted by molar-refractivity contribution is 0.207. The van der Waals surface area contributed by atoms with Gasteiger partial charge in [0.1, 0.15) is 0 Å². The van der Waals surface area contributed by atoms with Crippen LogP contribution < -0.4 is 5.32 Å². The lowest BCUT2D eigenvalue weighted by Crippen LogP contribution is -2.34. The lowest BCUT2D eigenvalue weighted by Gasteiger charge is -2.25. The van der Waals surface area contributed by atoms with Crippen molar-refractivity contribution in [2.45, 2.75) is 25.8 Å². The Bertz CT molecular complexity index is 672. The molecule has 0 bridgehead atoms. The van der Waals surface area contributed by atoms with E-state index in [0.717, 1.165) is 35.1 Å². The fourth-order valence-electron chi connectivity index (χ4n) is 2.95. The quantitative estimate of drug-likeness (QED) is 0.792. The molecule has 2 aromatic carbocycles. The molecular weight excluding hydrogens is 340 g/mol. The number of hydrogen-bond acceptors (Lipinski definition) is 1. The average molecular weight is 359 g/mol. The van der Waals surface area contributed by atoms with Crippen molar-refractivity contribution >= 4 is 27.6 Å². The van der Waals surface area contributed by atoms with Crippen LogP contribution in [0.1, 0.15) is 30.0 Å². The minimum Gasteiger partial charge on any atom is -0.317 e. The zero-order valence-corrected chi connectivity index (χ0v) is 14.1. The summed E-state index contributed by atoms with van der Waals surface area (Å²) >= 11 is 3.48. The number of nitrogens with one attached hydrogen (secondary N) is 1. The van der Waals surface area contributed by atoms with E-state index in [0.29, 0.717) is 0 Å². The number of carbonyl (C=O) groups excluding carboxylic acids is 1. The van der Waals surface area contributed by atoms with Crippen LogP contribution in [0.5, 0.6) is 0 Å². The van der Waals surface area contributed by atoms with Gasteiger partial charge in [-0.25, -0.2) is 4.79 Å². The van der Waals surface area contributed by atoms with E-state index in [9.17, 15) is 4.79 Å². The van der Waals surface area contributed by atoms with Crippen molar-refractivity contribution in [2.75, 3.05) is 11.9 Å². The molecule has 1 aliphatic rings. The van der Waals surface area contributed by atoms with Gasteiger partial charge in [0.25, 0.3) is 0 Å². The molecule has 4 heteroatoms. The highest BCUT2D eigenvalue weighted by Crippen LogP contribution is 2.32. The van der Waals surface area contributed by atoms with Gasteiger partial charge in [-0.3, -0.25) is 0 Å². The Hall–Kier alpha value is -1.81. The van der Waals surface area contributed by atoms with Crippen LogP contribution in [0.25, 0.3) is 0 Å². The summed E-state index contributed by atoms with van der Waals surface area (Å²) in [5.74, 6) is 0. The first-order valence-corrected chi connectivity index (χ1v) is 8.33. The van der Waals surface area contributed by atoms with Gasteiger partial charge in [-0.05, 0) is 49.1 Å². The summed E-state index contributed by atoms with van der Waals surface area (Å²) in [6.07, 6.45) is 2.07. The molecule has 0 aromatic heterocycles. The molecule has 1 saturated heterocycles. The minimum absolute atomic E-state index is 0.0203. The van der Waals surface area contributed by atoms with Gasteiger partial charge in [-0.1, -0.05) is 46.3 Å². The van der Waals surface area contributed by atoms with Gasteiger partial charge in [0.2, 0.25) is 0 Å². The number of nitrogens with zero attached hydrogens (tertiary/aromatic N) is 1. The summed E-state index contributed by atoms with van der Waals surface area (Å²) in [5.41, 5.74) is 3.16. The van der Waals surface area contributed by atoms with Crippen LogP contribution in [0.3, 0.4) is 0 Å². The Labute approximate surface area is 139 Å². The highest BCUT2D eigenvalue weighted by atomic mass is 79.9. The number of hydrogen-bond donors (Lipinski definition) is 1. The Kier molecular flexibility index (Phi) is 4.48. The number of amides is 2. The van der Waals surface area contributed by atoms with Crippen LogP contribution in [0.4, 0.5) is 10.5 Å². The first kappa shape index (κ1) is 15.1. The molecular formula is C18H19BrN2O. The lowest BCUT2D eigenvalue weighted by atomic mass is 10.1. The number of benzene rings is 2. The smallest absolute Gasteiger partial charge is 0.317 e. The highest BCUT2D eigenvalue weighted by molar-refractivity contribution is 9.10. The number of urea groups is 1. The topological polar surface area (TPSA) is 32.3 Å². The SMILES string of the molecule is Cc1cc(NC(=O)N2CCCC2c2ccccc2)ccc1Br. The Morgan fingerprint density at radius 1 is 1.23 bits per heavy atom. The van der Waals surface area contributed by atoms with Crippen molar-refractivity contribution in [3.8, 4) is 0 Å². The van der Waals surface area contributed by atoms with E-state index in [1.165, 1.54) is 5.56 Å². The molecule has 1 fully saturated rings. The van der Waals surface area contributed by atoms with Crippen molar-refractivity contribution in [1.82, 2.24) is 4.90 Å². The van der Waals surface area contributed by atoms with Gasteiger partial charge >= 0.3 is 6.03 Å². The summed E-state index contributed by atoms with van der Waals surface area (Å²) in [7, 11) is 0. The molecule has 2 aromatic rings. The van der Waals surface area contributed by atoms with Gasteiger partial charge in [-0.2, -0.15) is 0 Å². The Balaban J connectivity index is 1.75. The molecule has 1 N–H and O–H groups in total. The summed E-state index contributed by atoms with van der Waals surface area (Å²) in [5, 5.41) is 3.02. The predicted molar refractivity (Wildman–Crippen MR) is 93.0 cm³/mol. The molecule has 3 rings (SSSR count). The van der Waals surface area contributed by atoms with E-state index in [4.69, 9.17) is 0 Å². The van der Waals surface area contributed by atoms with Crippen molar-refractivity contribution in [3.63, 3.8) is 0 Å². The van der Waals surface area contributed by atoms with Crippen molar-refractivity contribution in [3.05, 3.63) is 64.1 Å². The standard InChI is InChI=1S/C18H19BrN2O/c1-13-12-15(9-10-16(13)19)20-18(22)21-11-5-8-17(21)14-6-3-2-4-7-14/h2-4,6-7,9-10,12,17H,5,8,11H2,1H3,(H,20,22). The largest absolute Gasteiger partial charge is 0.322 e. The molecule has 2 amide bonds. The monoisotopic (exact) mass is 358 g/mol. The molecule has 1 atom stereocenters. The molecule has 114 valence electrons. The van der Waals surface area contributed by atoms with E-state index in [1.807, 2.05) is 48.2 Å². The zero-order valence-electron chi connectivity index (χ0n) is 12.6. The second-order valence-corrected chi connectivity index (χ2v) is 6.51. The second-order valence-electron chi connectivity index (χ2n) is 5.66. The summed E-state index contributed by atoms with van der Waals surface area (Å²) in [4.78, 5) is 14.5. The molecule has 0 spiro atoms. The summed E-state index contributed by atoms with van der Waals surface area (Å²) in [6, 6.07) is 16.3. The third kappa shape index (κ3) is 3.17. The molecule has 22 heavy (non-hydrogen) atoms. The molecule has 3 nitrogen and oxygen atoms in total. The van der Waals surface area contributed by atoms with Gasteiger partial charge in [-0.15, -0.1) is 0 Å². The Morgan fingerprint density at radius 3 is 2.73 bits per heavy atom. The van der Waals surface area contributed by atoms with Gasteiger partial charge < -0.3 is 10.2 Å². The van der Waals surface area contributed by atoms with Crippen LogP contribution in [0.15, 0.2) is 53.0 Å². The maximum absolute atomic E-state index is 12.6. The van der Waals surface area contributed by atoms with E-state index in [1.54, 1.807) is 0 Å². The first-order chi connectivity index (χ1) is 10.6. The van der Waals surface area contributed by atoms with Gasteiger partial charge in [0, 0.05) is 16.7 Å². The van der Waals surface area contributed by atoms with E-state index in [-0.39, 0.29) is 12.1 Å². The molecule has 0 radical (unpaired) electrons. The van der Waals surface area contributed by atoms with Crippen molar-refractivity contribution in [2.24, 2.45) is 0 Å². The van der Waals surface area contributed by atoms with Crippen molar-refractivity contribution in [1.29, 1.82) is 0 Å². The third-order valence-corrected chi connectivity index (χ3v) is 5.00. The maximum atomic E-state index is 12.6. The predicted octanol–water partition coefficient (Wildman–Crippen LogP) is 5.13. The maximum Gasteiger partial charge on any atom is 0.322 e. The minimum atomic E-state index is -0.0203. The normalized spacial score (nSPS) is 17.5. The highest BCUT2D eigenvalue weighted by Gasteiger charge is 2.29. The number of likely N-dealkylation sites (tertiary alicyclic amines) is 1. The second kappa shape index (κ2) is 6.53. The summed E-state index contributed by atoms with van der Waals surface area (Å²) < 4.78 is 1.05. The van der Waals surface area contributed by atoms with E-state index >= 15 is 0 Å². The first-order valence-electron chi connectivity index (χ1n) is 7.54. The van der Waals surface area contributed by atoms with Crippen molar-refractivity contribution < 1.29 is 4.79 Å². The summed E-state index contributed by atoms with van der Waals surface area (Å²) in [6.45, 7) is 2.82. The van der Waals surface area contributed by atoms with Crippen LogP contribution in [-0.2, 0) is 0 Å².